The molecule has 0 bridgehead atoms. The van der Waals surface area contributed by atoms with E-state index in [9.17, 15) is 18.8 Å². The minimum Gasteiger partial charge on any atom is -0.297 e. The van der Waals surface area contributed by atoms with Crippen LogP contribution in [0.4, 0.5) is 4.39 Å². The number of carbonyl (C=O) groups is 1. The Morgan fingerprint density at radius 1 is 1.21 bits per heavy atom. The zero-order chi connectivity index (χ0) is 13.8. The number of benzene rings is 1. The summed E-state index contributed by atoms with van der Waals surface area (Å²) in [7, 11) is 0. The molecule has 1 aromatic carbocycles. The molecular formula is C13H11FN2O3. The van der Waals surface area contributed by atoms with E-state index in [0.29, 0.717) is 5.56 Å². The Labute approximate surface area is 107 Å². The summed E-state index contributed by atoms with van der Waals surface area (Å²) in [5.41, 5.74) is -1.26. The Morgan fingerprint density at radius 2 is 1.89 bits per heavy atom. The number of halogens is 1. The zero-order valence-electron chi connectivity index (χ0n) is 9.93. The van der Waals surface area contributed by atoms with Crippen molar-refractivity contribution in [2.24, 2.45) is 0 Å². The lowest BCUT2D eigenvalue weighted by molar-refractivity contribution is 0.0976. The van der Waals surface area contributed by atoms with Crippen LogP contribution in [0.15, 0.2) is 46.1 Å². The maximum Gasteiger partial charge on any atom is 0.328 e. The predicted molar refractivity (Wildman–Crippen MR) is 66.7 cm³/mol. The van der Waals surface area contributed by atoms with Gasteiger partial charge in [0, 0.05) is 18.5 Å². The highest BCUT2D eigenvalue weighted by Crippen LogP contribution is 2.03. The first-order valence-corrected chi connectivity index (χ1v) is 5.65. The third kappa shape index (κ3) is 3.04. The Hall–Kier alpha value is -2.50. The molecule has 6 heteroatoms. The molecule has 2 rings (SSSR count). The van der Waals surface area contributed by atoms with E-state index in [1.54, 1.807) is 30.3 Å². The van der Waals surface area contributed by atoms with Gasteiger partial charge < -0.3 is 0 Å². The van der Waals surface area contributed by atoms with Crippen molar-refractivity contribution in [2.75, 3.05) is 0 Å². The summed E-state index contributed by atoms with van der Waals surface area (Å²) in [4.78, 5) is 35.8. The highest BCUT2D eigenvalue weighted by Gasteiger charge is 2.08. The highest BCUT2D eigenvalue weighted by atomic mass is 19.1. The van der Waals surface area contributed by atoms with Crippen LogP contribution in [0.1, 0.15) is 16.8 Å². The van der Waals surface area contributed by atoms with Gasteiger partial charge in [-0.25, -0.2) is 4.79 Å². The van der Waals surface area contributed by atoms with Crippen LogP contribution in [0.2, 0.25) is 0 Å². The van der Waals surface area contributed by atoms with Gasteiger partial charge in [0.05, 0.1) is 6.20 Å². The normalized spacial score (nSPS) is 10.4. The lowest BCUT2D eigenvalue weighted by atomic mass is 10.1. The molecule has 1 N–H and O–H groups in total. The first kappa shape index (κ1) is 12.9. The molecule has 0 saturated heterocycles. The van der Waals surface area contributed by atoms with E-state index in [1.807, 2.05) is 4.98 Å². The van der Waals surface area contributed by atoms with Crippen LogP contribution < -0.4 is 11.2 Å². The van der Waals surface area contributed by atoms with Gasteiger partial charge in [-0.15, -0.1) is 0 Å². The number of carbonyl (C=O) groups excluding carboxylic acids is 1. The van der Waals surface area contributed by atoms with Crippen molar-refractivity contribution in [3.05, 3.63) is 68.7 Å². The van der Waals surface area contributed by atoms with Gasteiger partial charge in [0.25, 0.3) is 5.56 Å². The Kier molecular flexibility index (Phi) is 3.70. The maximum absolute atomic E-state index is 13.0. The van der Waals surface area contributed by atoms with E-state index in [0.717, 1.165) is 10.8 Å². The number of nitrogens with one attached hydrogen (secondary N) is 1. The fraction of sp³-hybridized carbons (Fsp3) is 0.154. The van der Waals surface area contributed by atoms with Crippen LogP contribution >= 0.6 is 0 Å². The number of hydrogen-bond donors (Lipinski definition) is 1. The van der Waals surface area contributed by atoms with E-state index in [2.05, 4.69) is 0 Å². The largest absolute Gasteiger partial charge is 0.328 e. The van der Waals surface area contributed by atoms with Gasteiger partial charge in [0.15, 0.2) is 5.78 Å². The number of nitrogens with zero attached hydrogens (tertiary/aromatic N) is 1. The first-order chi connectivity index (χ1) is 9.08. The lowest BCUT2D eigenvalue weighted by Gasteiger charge is -2.04. The minimum absolute atomic E-state index is 0.0141. The van der Waals surface area contributed by atoms with Crippen molar-refractivity contribution in [3.63, 3.8) is 0 Å². The molecule has 0 aliphatic carbocycles. The molecule has 0 atom stereocenters. The molecule has 0 aliphatic heterocycles. The molecule has 0 aliphatic rings. The molecule has 0 unspecified atom stereocenters. The van der Waals surface area contributed by atoms with Crippen LogP contribution in [-0.2, 0) is 6.54 Å². The van der Waals surface area contributed by atoms with Gasteiger partial charge in [-0.05, 0) is 0 Å². The molecule has 0 amide bonds. The number of ketones is 1. The Morgan fingerprint density at radius 3 is 2.58 bits per heavy atom. The number of aromatic nitrogens is 2. The van der Waals surface area contributed by atoms with Crippen molar-refractivity contribution >= 4 is 5.78 Å². The molecule has 1 heterocycles. The van der Waals surface area contributed by atoms with Crippen LogP contribution in [0.5, 0.6) is 0 Å². The van der Waals surface area contributed by atoms with E-state index in [4.69, 9.17) is 0 Å². The molecule has 5 nitrogen and oxygen atoms in total. The number of aromatic amines is 1. The molecule has 0 spiro atoms. The highest BCUT2D eigenvalue weighted by molar-refractivity contribution is 5.95. The van der Waals surface area contributed by atoms with Crippen LogP contribution in [0.25, 0.3) is 0 Å². The quantitative estimate of drug-likeness (QED) is 0.834. The van der Waals surface area contributed by atoms with E-state index >= 15 is 0 Å². The zero-order valence-corrected chi connectivity index (χ0v) is 9.93. The molecule has 1 aromatic heterocycles. The molecule has 0 radical (unpaired) electrons. The fourth-order valence-corrected chi connectivity index (χ4v) is 1.64. The van der Waals surface area contributed by atoms with Gasteiger partial charge >= 0.3 is 5.69 Å². The third-order valence-corrected chi connectivity index (χ3v) is 2.64. The predicted octanol–water partition coefficient (Wildman–Crippen LogP) is 0.949. The smallest absolute Gasteiger partial charge is 0.297 e. The van der Waals surface area contributed by atoms with Crippen molar-refractivity contribution in [1.29, 1.82) is 0 Å². The van der Waals surface area contributed by atoms with E-state index in [1.165, 1.54) is 0 Å². The summed E-state index contributed by atoms with van der Waals surface area (Å²) in [6, 6.07) is 8.59. The molecule has 2 aromatic rings. The van der Waals surface area contributed by atoms with Crippen molar-refractivity contribution in [2.45, 2.75) is 13.0 Å². The first-order valence-electron chi connectivity index (χ1n) is 5.65. The maximum atomic E-state index is 13.0. The SMILES string of the molecule is O=C(CCn1cc(F)c(=O)[nH]c1=O)c1ccccc1. The number of rotatable bonds is 4. The van der Waals surface area contributed by atoms with Crippen molar-refractivity contribution < 1.29 is 9.18 Å². The second-order valence-electron chi connectivity index (χ2n) is 3.97. The fourth-order valence-electron chi connectivity index (χ4n) is 1.64. The summed E-state index contributed by atoms with van der Waals surface area (Å²) in [5.74, 6) is -1.20. The van der Waals surface area contributed by atoms with Gasteiger partial charge in [0.2, 0.25) is 5.82 Å². The second-order valence-corrected chi connectivity index (χ2v) is 3.97. The van der Waals surface area contributed by atoms with Crippen molar-refractivity contribution in [1.82, 2.24) is 9.55 Å². The van der Waals surface area contributed by atoms with Crippen molar-refractivity contribution in [3.8, 4) is 0 Å². The lowest BCUT2D eigenvalue weighted by Crippen LogP contribution is -2.31. The number of hydrogen-bond acceptors (Lipinski definition) is 3. The monoisotopic (exact) mass is 262 g/mol. The number of Topliss-reactive ketones (excluding diaryl/α,β-unsaturated/α-hetero) is 1. The molecular weight excluding hydrogens is 251 g/mol. The van der Waals surface area contributed by atoms with E-state index < -0.39 is 17.1 Å². The van der Waals surface area contributed by atoms with Crippen LogP contribution in [-0.4, -0.2) is 15.3 Å². The topological polar surface area (TPSA) is 71.9 Å². The average molecular weight is 262 g/mol. The van der Waals surface area contributed by atoms with E-state index in [-0.39, 0.29) is 18.7 Å². The van der Waals surface area contributed by atoms with Gasteiger partial charge in [-0.1, -0.05) is 30.3 Å². The number of H-pyrrole nitrogens is 1. The molecule has 98 valence electrons. The number of aryl methyl sites for hydroxylation is 1. The van der Waals surface area contributed by atoms with Crippen LogP contribution in [0.3, 0.4) is 0 Å². The standard InChI is InChI=1S/C13H11FN2O3/c14-10-8-16(13(19)15-12(10)18)7-6-11(17)9-4-2-1-3-5-9/h1-5,8H,6-7H2,(H,15,18,19). The van der Waals surface area contributed by atoms with Gasteiger partial charge in [-0.3, -0.25) is 19.1 Å². The molecule has 19 heavy (non-hydrogen) atoms. The second kappa shape index (κ2) is 5.43. The van der Waals surface area contributed by atoms with Crippen LogP contribution in [0, 0.1) is 5.82 Å². The summed E-state index contributed by atoms with van der Waals surface area (Å²) < 4.78 is 14.0. The molecule has 0 fully saturated rings. The Balaban J connectivity index is 2.12. The molecule has 0 saturated carbocycles. The summed E-state index contributed by atoms with van der Waals surface area (Å²) in [5, 5.41) is 0. The summed E-state index contributed by atoms with van der Waals surface area (Å²) in [6.45, 7) is 0.0141. The van der Waals surface area contributed by atoms with Gasteiger partial charge in [-0.2, -0.15) is 4.39 Å². The van der Waals surface area contributed by atoms with Gasteiger partial charge in [0.1, 0.15) is 0 Å². The average Bonchev–Trinajstić information content (AvgIpc) is 2.42. The summed E-state index contributed by atoms with van der Waals surface area (Å²) in [6.07, 6.45) is 0.856. The minimum atomic E-state index is -1.06. The third-order valence-electron chi connectivity index (χ3n) is 2.64. The Bertz CT molecular complexity index is 704. The summed E-state index contributed by atoms with van der Waals surface area (Å²) >= 11 is 0.